The fourth-order valence-electron chi connectivity index (χ4n) is 3.47. The molecule has 2 heterocycles. The zero-order valence-corrected chi connectivity index (χ0v) is 15.3. The number of hydrogen-bond donors (Lipinski definition) is 0. The molecule has 1 amide bonds. The molecule has 1 unspecified atom stereocenters. The van der Waals surface area contributed by atoms with Crippen molar-refractivity contribution < 1.29 is 9.53 Å². The highest BCUT2D eigenvalue weighted by Gasteiger charge is 2.29. The van der Waals surface area contributed by atoms with Gasteiger partial charge >= 0.3 is 0 Å². The van der Waals surface area contributed by atoms with Gasteiger partial charge in [0.25, 0.3) is 5.91 Å². The van der Waals surface area contributed by atoms with Crippen LogP contribution in [0.5, 0.6) is 5.75 Å². The Morgan fingerprint density at radius 2 is 1.96 bits per heavy atom. The van der Waals surface area contributed by atoms with Crippen LogP contribution < -0.4 is 4.74 Å². The monoisotopic (exact) mass is 358 g/mol. The highest BCUT2D eigenvalue weighted by molar-refractivity contribution is 5.97. The summed E-state index contributed by atoms with van der Waals surface area (Å²) in [4.78, 5) is 19.2. The van der Waals surface area contributed by atoms with Crippen molar-refractivity contribution in [2.24, 2.45) is 0 Å². The zero-order valence-electron chi connectivity index (χ0n) is 15.3. The van der Waals surface area contributed by atoms with Crippen molar-refractivity contribution in [2.45, 2.75) is 26.0 Å². The van der Waals surface area contributed by atoms with Crippen LogP contribution in [0.4, 0.5) is 0 Å². The average molecular weight is 358 g/mol. The first-order valence-electron chi connectivity index (χ1n) is 9.23. The molecule has 27 heavy (non-hydrogen) atoms. The van der Waals surface area contributed by atoms with Crippen LogP contribution >= 0.6 is 0 Å². The van der Waals surface area contributed by atoms with Crippen LogP contribution in [0.2, 0.25) is 0 Å². The van der Waals surface area contributed by atoms with E-state index in [4.69, 9.17) is 4.74 Å². The van der Waals surface area contributed by atoms with Crippen LogP contribution in [0, 0.1) is 0 Å². The van der Waals surface area contributed by atoms with Crippen molar-refractivity contribution in [3.05, 3.63) is 95.3 Å². The van der Waals surface area contributed by atoms with E-state index < -0.39 is 0 Å². The third-order valence-corrected chi connectivity index (χ3v) is 5.08. The van der Waals surface area contributed by atoms with Crippen molar-refractivity contribution in [3.63, 3.8) is 0 Å². The lowest BCUT2D eigenvalue weighted by Crippen LogP contribution is -2.39. The Kier molecular flexibility index (Phi) is 4.88. The molecule has 4 heteroatoms. The Hall–Kier alpha value is -3.14. The molecule has 1 aliphatic rings. The second-order valence-electron chi connectivity index (χ2n) is 6.80. The van der Waals surface area contributed by atoms with Gasteiger partial charge in [-0.25, -0.2) is 0 Å². The van der Waals surface area contributed by atoms with Gasteiger partial charge in [-0.05, 0) is 48.2 Å². The lowest BCUT2D eigenvalue weighted by molar-refractivity contribution is 0.0672. The van der Waals surface area contributed by atoms with Crippen molar-refractivity contribution in [1.82, 2.24) is 9.88 Å². The van der Waals surface area contributed by atoms with Crippen LogP contribution in [-0.4, -0.2) is 22.3 Å². The smallest absolute Gasteiger partial charge is 0.254 e. The Morgan fingerprint density at radius 1 is 1.11 bits per heavy atom. The molecule has 0 saturated carbocycles. The number of hydrogen-bond acceptors (Lipinski definition) is 3. The molecule has 4 rings (SSSR count). The first kappa shape index (κ1) is 17.3. The number of carbonyl (C=O) groups excluding carboxylic acids is 1. The molecule has 0 bridgehead atoms. The van der Waals surface area contributed by atoms with E-state index in [9.17, 15) is 4.79 Å². The number of rotatable bonds is 5. The number of carbonyl (C=O) groups is 1. The van der Waals surface area contributed by atoms with Crippen LogP contribution in [0.3, 0.4) is 0 Å². The molecular weight excluding hydrogens is 336 g/mol. The molecular formula is C23H22N2O2. The summed E-state index contributed by atoms with van der Waals surface area (Å²) >= 11 is 0. The number of aromatic nitrogens is 1. The molecule has 1 atom stereocenters. The number of pyridine rings is 1. The molecule has 0 fully saturated rings. The van der Waals surface area contributed by atoms with E-state index in [0.717, 1.165) is 34.4 Å². The van der Waals surface area contributed by atoms with E-state index in [-0.39, 0.29) is 11.9 Å². The lowest BCUT2D eigenvalue weighted by Gasteiger charge is -2.34. The van der Waals surface area contributed by atoms with Crippen molar-refractivity contribution >= 4 is 5.91 Å². The third-order valence-electron chi connectivity index (χ3n) is 5.08. The third kappa shape index (κ3) is 3.70. The summed E-state index contributed by atoms with van der Waals surface area (Å²) in [5.74, 6) is 0.777. The van der Waals surface area contributed by atoms with E-state index in [1.807, 2.05) is 71.8 Å². The van der Waals surface area contributed by atoms with Crippen molar-refractivity contribution in [2.75, 3.05) is 6.54 Å². The quantitative estimate of drug-likeness (QED) is 0.678. The lowest BCUT2D eigenvalue weighted by atomic mass is 9.96. The molecule has 0 radical (unpaired) electrons. The van der Waals surface area contributed by atoms with Gasteiger partial charge < -0.3 is 9.64 Å². The SMILES string of the molecule is CC(c1cccnc1)N1CCc2ccc(OCc3ccccc3)cc2C1=O. The van der Waals surface area contributed by atoms with E-state index in [1.165, 1.54) is 0 Å². The van der Waals surface area contributed by atoms with E-state index in [0.29, 0.717) is 13.2 Å². The molecule has 4 nitrogen and oxygen atoms in total. The fourth-order valence-corrected chi connectivity index (χ4v) is 3.47. The summed E-state index contributed by atoms with van der Waals surface area (Å²) in [6.45, 7) is 3.26. The summed E-state index contributed by atoms with van der Waals surface area (Å²) in [6.07, 6.45) is 4.43. The van der Waals surface area contributed by atoms with Gasteiger partial charge in [-0.15, -0.1) is 0 Å². The maximum atomic E-state index is 13.1. The standard InChI is InChI=1S/C23H22N2O2/c1-17(20-8-5-12-24-15-20)25-13-11-19-9-10-21(14-22(19)23(25)26)27-16-18-6-3-2-4-7-18/h2-10,12,14-15,17H,11,13,16H2,1H3. The molecule has 0 saturated heterocycles. The predicted molar refractivity (Wildman–Crippen MR) is 105 cm³/mol. The number of benzene rings is 2. The Labute approximate surface area is 159 Å². The van der Waals surface area contributed by atoms with Crippen LogP contribution in [0.1, 0.15) is 40.0 Å². The van der Waals surface area contributed by atoms with Crippen LogP contribution in [0.25, 0.3) is 0 Å². The molecule has 0 aliphatic carbocycles. The van der Waals surface area contributed by atoms with Gasteiger partial charge in [-0.3, -0.25) is 9.78 Å². The van der Waals surface area contributed by atoms with E-state index in [1.54, 1.807) is 6.20 Å². The predicted octanol–water partition coefficient (Wildman–Crippen LogP) is 4.42. The molecule has 2 aromatic carbocycles. The zero-order chi connectivity index (χ0) is 18.6. The molecule has 0 spiro atoms. The number of amides is 1. The molecule has 1 aromatic heterocycles. The first-order chi connectivity index (χ1) is 13.2. The fraction of sp³-hybridized carbons (Fsp3) is 0.217. The molecule has 3 aromatic rings. The minimum Gasteiger partial charge on any atom is -0.489 e. The van der Waals surface area contributed by atoms with Gasteiger partial charge in [0.15, 0.2) is 0 Å². The largest absolute Gasteiger partial charge is 0.489 e. The Morgan fingerprint density at radius 3 is 2.74 bits per heavy atom. The van der Waals surface area contributed by atoms with Gasteiger partial charge in [-0.2, -0.15) is 0 Å². The summed E-state index contributed by atoms with van der Waals surface area (Å²) in [7, 11) is 0. The number of ether oxygens (including phenoxy) is 1. The summed E-state index contributed by atoms with van der Waals surface area (Å²) in [6, 6.07) is 19.8. The topological polar surface area (TPSA) is 42.4 Å². The minimum atomic E-state index is -0.00626. The Balaban J connectivity index is 1.52. The second kappa shape index (κ2) is 7.62. The van der Waals surface area contributed by atoms with E-state index >= 15 is 0 Å². The van der Waals surface area contributed by atoms with Crippen LogP contribution in [-0.2, 0) is 13.0 Å². The maximum Gasteiger partial charge on any atom is 0.254 e. The summed E-state index contributed by atoms with van der Waals surface area (Å²) < 4.78 is 5.91. The highest BCUT2D eigenvalue weighted by atomic mass is 16.5. The summed E-state index contributed by atoms with van der Waals surface area (Å²) in [5.41, 5.74) is 3.98. The first-order valence-corrected chi connectivity index (χ1v) is 9.23. The summed E-state index contributed by atoms with van der Waals surface area (Å²) in [5, 5.41) is 0. The second-order valence-corrected chi connectivity index (χ2v) is 6.80. The molecule has 136 valence electrons. The van der Waals surface area contributed by atoms with E-state index in [2.05, 4.69) is 11.9 Å². The highest BCUT2D eigenvalue weighted by Crippen LogP contribution is 2.29. The molecule has 1 aliphatic heterocycles. The van der Waals surface area contributed by atoms with Gasteiger partial charge in [0.05, 0.1) is 6.04 Å². The maximum absolute atomic E-state index is 13.1. The van der Waals surface area contributed by atoms with Crippen molar-refractivity contribution in [1.29, 1.82) is 0 Å². The van der Waals surface area contributed by atoms with Crippen molar-refractivity contribution in [3.8, 4) is 5.75 Å². The van der Waals surface area contributed by atoms with Gasteiger partial charge in [-0.1, -0.05) is 42.5 Å². The number of nitrogens with zero attached hydrogens (tertiary/aromatic N) is 2. The Bertz CT molecular complexity index is 926. The van der Waals surface area contributed by atoms with Gasteiger partial charge in [0.1, 0.15) is 12.4 Å². The van der Waals surface area contributed by atoms with Gasteiger partial charge in [0, 0.05) is 24.5 Å². The van der Waals surface area contributed by atoms with Gasteiger partial charge in [0.2, 0.25) is 0 Å². The van der Waals surface area contributed by atoms with Crippen LogP contribution in [0.15, 0.2) is 73.1 Å². The number of fused-ring (bicyclic) bond motifs is 1. The minimum absolute atomic E-state index is 0.00626. The normalized spacial score (nSPS) is 14.6. The molecule has 0 N–H and O–H groups in total. The average Bonchev–Trinajstić information content (AvgIpc) is 2.74.